The van der Waals surface area contributed by atoms with E-state index in [4.69, 9.17) is 5.73 Å². The average Bonchev–Trinajstić information content (AvgIpc) is 2.02. The van der Waals surface area contributed by atoms with E-state index in [0.29, 0.717) is 12.5 Å². The van der Waals surface area contributed by atoms with Crippen LogP contribution in [0.25, 0.3) is 0 Å². The number of alkyl halides is 2. The number of halogens is 2. The zero-order valence-electron chi connectivity index (χ0n) is 8.47. The summed E-state index contributed by atoms with van der Waals surface area (Å²) >= 11 is 0. The van der Waals surface area contributed by atoms with E-state index >= 15 is 0 Å². The molecule has 0 saturated carbocycles. The van der Waals surface area contributed by atoms with Crippen molar-refractivity contribution in [1.29, 1.82) is 0 Å². The second-order valence-corrected chi connectivity index (χ2v) is 3.64. The van der Waals surface area contributed by atoms with Crippen LogP contribution in [0.3, 0.4) is 0 Å². The molecule has 0 aromatic rings. The topological polar surface area (TPSA) is 29.3 Å². The Labute approximate surface area is 79.1 Å². The number of nitrogens with zero attached hydrogens (tertiary/aromatic N) is 1. The largest absolute Gasteiger partial charge is 0.330 e. The maximum absolute atomic E-state index is 11.9. The molecular formula is C9H20F2N2. The number of nitrogens with two attached hydrogens (primary N) is 1. The molecule has 0 aliphatic heterocycles. The van der Waals surface area contributed by atoms with E-state index in [0.717, 1.165) is 19.4 Å². The second-order valence-electron chi connectivity index (χ2n) is 3.64. The SMILES string of the molecule is CC(CN)CCCN(C)CC(F)F. The number of rotatable bonds is 7. The fourth-order valence-electron chi connectivity index (χ4n) is 1.15. The maximum Gasteiger partial charge on any atom is 0.251 e. The predicted molar refractivity (Wildman–Crippen MR) is 51.0 cm³/mol. The lowest BCUT2D eigenvalue weighted by Crippen LogP contribution is -2.26. The maximum atomic E-state index is 11.9. The summed E-state index contributed by atoms with van der Waals surface area (Å²) in [6, 6.07) is 0. The minimum absolute atomic E-state index is 0.128. The summed E-state index contributed by atoms with van der Waals surface area (Å²) in [5.41, 5.74) is 5.44. The Morgan fingerprint density at radius 1 is 1.38 bits per heavy atom. The van der Waals surface area contributed by atoms with Crippen LogP contribution in [0.5, 0.6) is 0 Å². The zero-order chi connectivity index (χ0) is 10.3. The van der Waals surface area contributed by atoms with Gasteiger partial charge in [-0.3, -0.25) is 0 Å². The first kappa shape index (κ1) is 12.8. The van der Waals surface area contributed by atoms with E-state index in [-0.39, 0.29) is 6.54 Å². The van der Waals surface area contributed by atoms with Crippen LogP contribution in [0, 0.1) is 5.92 Å². The van der Waals surface area contributed by atoms with Gasteiger partial charge in [-0.25, -0.2) is 8.78 Å². The normalized spacial score (nSPS) is 14.1. The first-order valence-corrected chi connectivity index (χ1v) is 4.73. The Kier molecular flexibility index (Phi) is 7.09. The summed E-state index contributed by atoms with van der Waals surface area (Å²) in [4.78, 5) is 1.66. The van der Waals surface area contributed by atoms with Crippen molar-refractivity contribution < 1.29 is 8.78 Å². The van der Waals surface area contributed by atoms with E-state index in [1.54, 1.807) is 11.9 Å². The zero-order valence-corrected chi connectivity index (χ0v) is 8.47. The van der Waals surface area contributed by atoms with Gasteiger partial charge in [0.1, 0.15) is 0 Å². The Morgan fingerprint density at radius 3 is 2.46 bits per heavy atom. The van der Waals surface area contributed by atoms with Crippen molar-refractivity contribution in [2.75, 3.05) is 26.7 Å². The first-order valence-electron chi connectivity index (χ1n) is 4.73. The lowest BCUT2D eigenvalue weighted by atomic mass is 10.1. The average molecular weight is 194 g/mol. The minimum Gasteiger partial charge on any atom is -0.330 e. The van der Waals surface area contributed by atoms with Gasteiger partial charge in [0.25, 0.3) is 6.43 Å². The lowest BCUT2D eigenvalue weighted by Gasteiger charge is -2.16. The van der Waals surface area contributed by atoms with Crippen LogP contribution in [0.1, 0.15) is 19.8 Å². The molecule has 80 valence electrons. The fourth-order valence-corrected chi connectivity index (χ4v) is 1.15. The molecule has 2 nitrogen and oxygen atoms in total. The molecule has 2 N–H and O–H groups in total. The van der Waals surface area contributed by atoms with Crippen LogP contribution in [0.15, 0.2) is 0 Å². The monoisotopic (exact) mass is 194 g/mol. The van der Waals surface area contributed by atoms with E-state index in [9.17, 15) is 8.78 Å². The highest BCUT2D eigenvalue weighted by atomic mass is 19.3. The van der Waals surface area contributed by atoms with Crippen molar-refractivity contribution in [1.82, 2.24) is 4.90 Å². The molecule has 0 heterocycles. The van der Waals surface area contributed by atoms with Gasteiger partial charge in [-0.05, 0) is 38.9 Å². The van der Waals surface area contributed by atoms with Gasteiger partial charge in [0.05, 0.1) is 6.54 Å². The summed E-state index contributed by atoms with van der Waals surface area (Å²) in [5.74, 6) is 0.500. The van der Waals surface area contributed by atoms with Gasteiger partial charge in [-0.2, -0.15) is 0 Å². The molecular weight excluding hydrogens is 174 g/mol. The van der Waals surface area contributed by atoms with Gasteiger partial charge in [0.2, 0.25) is 0 Å². The lowest BCUT2D eigenvalue weighted by molar-refractivity contribution is 0.0992. The molecule has 0 radical (unpaired) electrons. The third kappa shape index (κ3) is 8.12. The predicted octanol–water partition coefficient (Wildman–Crippen LogP) is 1.56. The molecule has 0 bridgehead atoms. The molecule has 13 heavy (non-hydrogen) atoms. The molecule has 0 fully saturated rings. The van der Waals surface area contributed by atoms with Crippen LogP contribution in [-0.2, 0) is 0 Å². The van der Waals surface area contributed by atoms with Gasteiger partial charge < -0.3 is 10.6 Å². The molecule has 0 amide bonds. The van der Waals surface area contributed by atoms with E-state index < -0.39 is 6.43 Å². The summed E-state index contributed by atoms with van der Waals surface area (Å²) in [6.07, 6.45) is -0.261. The Hall–Kier alpha value is -0.220. The van der Waals surface area contributed by atoms with E-state index in [1.807, 2.05) is 0 Å². The van der Waals surface area contributed by atoms with Crippen molar-refractivity contribution in [3.05, 3.63) is 0 Å². The van der Waals surface area contributed by atoms with Crippen molar-refractivity contribution >= 4 is 0 Å². The molecule has 1 atom stereocenters. The molecule has 0 spiro atoms. The van der Waals surface area contributed by atoms with Crippen LogP contribution in [0.4, 0.5) is 8.78 Å². The standard InChI is InChI=1S/C9H20F2N2/c1-8(6-12)4-3-5-13(2)7-9(10)11/h8-9H,3-7,12H2,1-2H3. The third-order valence-electron chi connectivity index (χ3n) is 2.09. The highest BCUT2D eigenvalue weighted by Gasteiger charge is 2.07. The highest BCUT2D eigenvalue weighted by Crippen LogP contribution is 2.04. The van der Waals surface area contributed by atoms with Crippen molar-refractivity contribution in [2.24, 2.45) is 11.7 Å². The van der Waals surface area contributed by atoms with Gasteiger partial charge in [-0.1, -0.05) is 6.92 Å². The third-order valence-corrected chi connectivity index (χ3v) is 2.09. The van der Waals surface area contributed by atoms with Gasteiger partial charge in [0, 0.05) is 0 Å². The smallest absolute Gasteiger partial charge is 0.251 e. The summed E-state index contributed by atoms with van der Waals surface area (Å²) in [7, 11) is 1.72. The van der Waals surface area contributed by atoms with Crippen LogP contribution in [0.2, 0.25) is 0 Å². The van der Waals surface area contributed by atoms with Crippen molar-refractivity contribution in [3.8, 4) is 0 Å². The molecule has 0 aliphatic carbocycles. The first-order chi connectivity index (χ1) is 6.06. The molecule has 0 aliphatic rings. The summed E-state index contributed by atoms with van der Waals surface area (Å²) in [6.45, 7) is 3.36. The second kappa shape index (κ2) is 7.21. The van der Waals surface area contributed by atoms with Crippen LogP contribution < -0.4 is 5.73 Å². The molecule has 4 heteroatoms. The van der Waals surface area contributed by atoms with Gasteiger partial charge in [-0.15, -0.1) is 0 Å². The molecule has 0 aromatic heterocycles. The Bertz CT molecular complexity index is 120. The minimum atomic E-state index is -2.23. The van der Waals surface area contributed by atoms with E-state index in [1.165, 1.54) is 0 Å². The highest BCUT2D eigenvalue weighted by molar-refractivity contribution is 4.57. The van der Waals surface area contributed by atoms with Crippen LogP contribution in [-0.4, -0.2) is 38.0 Å². The number of hydrogen-bond acceptors (Lipinski definition) is 2. The Morgan fingerprint density at radius 2 is 2.00 bits per heavy atom. The van der Waals surface area contributed by atoms with Crippen molar-refractivity contribution in [2.45, 2.75) is 26.2 Å². The Balaban J connectivity index is 3.31. The molecule has 0 saturated heterocycles. The fraction of sp³-hybridized carbons (Fsp3) is 1.00. The summed E-state index contributed by atoms with van der Waals surface area (Å²) < 4.78 is 23.8. The van der Waals surface area contributed by atoms with Crippen LogP contribution >= 0.6 is 0 Å². The van der Waals surface area contributed by atoms with Gasteiger partial charge >= 0.3 is 0 Å². The van der Waals surface area contributed by atoms with Gasteiger partial charge in [0.15, 0.2) is 0 Å². The quantitative estimate of drug-likeness (QED) is 0.666. The molecule has 1 unspecified atom stereocenters. The number of hydrogen-bond donors (Lipinski definition) is 1. The molecule has 0 aromatic carbocycles. The van der Waals surface area contributed by atoms with Crippen molar-refractivity contribution in [3.63, 3.8) is 0 Å². The molecule has 0 rings (SSSR count). The van der Waals surface area contributed by atoms with E-state index in [2.05, 4.69) is 6.92 Å². The summed E-state index contributed by atoms with van der Waals surface area (Å²) in [5, 5.41) is 0.